The molecule has 0 amide bonds. The van der Waals surface area contributed by atoms with E-state index in [1.165, 1.54) is 24.4 Å². The maximum Gasteiger partial charge on any atom is 0.354 e. The summed E-state index contributed by atoms with van der Waals surface area (Å²) in [6.07, 6.45) is 1.17. The number of nitrogens with one attached hydrogen (secondary N) is 1. The third-order valence-electron chi connectivity index (χ3n) is 3.02. The zero-order valence-corrected chi connectivity index (χ0v) is 12.3. The van der Waals surface area contributed by atoms with E-state index >= 15 is 0 Å². The van der Waals surface area contributed by atoms with Crippen molar-refractivity contribution < 1.29 is 18.3 Å². The molecule has 1 aromatic carbocycles. The van der Waals surface area contributed by atoms with E-state index in [2.05, 4.69) is 9.71 Å². The number of nitrogens with zero attached hydrogens (tertiary/aromatic N) is 1. The summed E-state index contributed by atoms with van der Waals surface area (Å²) in [5.41, 5.74) is 1.93. The predicted molar refractivity (Wildman–Crippen MR) is 77.9 cm³/mol. The average Bonchev–Trinajstić information content (AvgIpc) is 2.42. The summed E-state index contributed by atoms with van der Waals surface area (Å²) in [6, 6.07) is 7.42. The van der Waals surface area contributed by atoms with Crippen molar-refractivity contribution in [3.63, 3.8) is 0 Å². The Hall–Kier alpha value is -2.41. The van der Waals surface area contributed by atoms with Crippen molar-refractivity contribution in [2.45, 2.75) is 18.7 Å². The van der Waals surface area contributed by atoms with Crippen LogP contribution >= 0.6 is 0 Å². The molecule has 7 heteroatoms. The Morgan fingerprint density at radius 3 is 2.38 bits per heavy atom. The first-order valence-corrected chi connectivity index (χ1v) is 7.57. The standard InChI is InChI=1S/C14H14N2O4S/c1-9-3-5-12(7-10(9)2)21(19,20)16-11-4-6-13(14(17)18)15-8-11/h3-8,16H,1-2H3,(H,17,18). The molecule has 0 aliphatic heterocycles. The molecule has 0 atom stereocenters. The fraction of sp³-hybridized carbons (Fsp3) is 0.143. The molecular weight excluding hydrogens is 292 g/mol. The molecule has 6 nitrogen and oxygen atoms in total. The highest BCUT2D eigenvalue weighted by molar-refractivity contribution is 7.92. The Balaban J connectivity index is 2.28. The first kappa shape index (κ1) is 15.0. The van der Waals surface area contributed by atoms with Gasteiger partial charge in [0.15, 0.2) is 0 Å². The highest BCUT2D eigenvalue weighted by atomic mass is 32.2. The van der Waals surface area contributed by atoms with Crippen LogP contribution in [0.15, 0.2) is 41.4 Å². The monoisotopic (exact) mass is 306 g/mol. The van der Waals surface area contributed by atoms with Crippen LogP contribution in [0.3, 0.4) is 0 Å². The second-order valence-corrected chi connectivity index (χ2v) is 6.27. The quantitative estimate of drug-likeness (QED) is 0.902. The van der Waals surface area contributed by atoms with Gasteiger partial charge in [-0.3, -0.25) is 4.72 Å². The maximum atomic E-state index is 12.2. The van der Waals surface area contributed by atoms with Crippen molar-refractivity contribution in [3.8, 4) is 0 Å². The molecule has 21 heavy (non-hydrogen) atoms. The number of aromatic carboxylic acids is 1. The smallest absolute Gasteiger partial charge is 0.354 e. The van der Waals surface area contributed by atoms with Gasteiger partial charge in [-0.25, -0.2) is 18.2 Å². The number of carbonyl (C=O) groups is 1. The summed E-state index contributed by atoms with van der Waals surface area (Å²) in [4.78, 5) is 14.5. The van der Waals surface area contributed by atoms with Gasteiger partial charge >= 0.3 is 5.97 Å². The van der Waals surface area contributed by atoms with Crippen molar-refractivity contribution in [2.24, 2.45) is 0 Å². The molecule has 1 heterocycles. The number of hydrogen-bond donors (Lipinski definition) is 2. The zero-order chi connectivity index (χ0) is 15.6. The van der Waals surface area contributed by atoms with E-state index in [4.69, 9.17) is 5.11 Å². The van der Waals surface area contributed by atoms with Crippen molar-refractivity contribution in [1.29, 1.82) is 0 Å². The minimum Gasteiger partial charge on any atom is -0.477 e. The van der Waals surface area contributed by atoms with E-state index < -0.39 is 16.0 Å². The van der Waals surface area contributed by atoms with Gasteiger partial charge in [0.05, 0.1) is 16.8 Å². The van der Waals surface area contributed by atoms with Crippen LogP contribution < -0.4 is 4.72 Å². The van der Waals surface area contributed by atoms with E-state index in [0.717, 1.165) is 11.1 Å². The van der Waals surface area contributed by atoms with Crippen LogP contribution in [0, 0.1) is 13.8 Å². The SMILES string of the molecule is Cc1ccc(S(=O)(=O)Nc2ccc(C(=O)O)nc2)cc1C. The maximum absolute atomic E-state index is 12.2. The van der Waals surface area contributed by atoms with Crippen LogP contribution in [0.4, 0.5) is 5.69 Å². The van der Waals surface area contributed by atoms with Gasteiger partial charge in [0.2, 0.25) is 0 Å². The average molecular weight is 306 g/mol. The lowest BCUT2D eigenvalue weighted by molar-refractivity contribution is 0.0690. The Labute approximate surface area is 122 Å². The molecule has 0 aliphatic rings. The van der Waals surface area contributed by atoms with E-state index in [9.17, 15) is 13.2 Å². The van der Waals surface area contributed by atoms with Gasteiger partial charge in [-0.15, -0.1) is 0 Å². The van der Waals surface area contributed by atoms with Gasteiger partial charge in [0.1, 0.15) is 5.69 Å². The van der Waals surface area contributed by atoms with Crippen LogP contribution in [0.1, 0.15) is 21.6 Å². The number of anilines is 1. The molecule has 0 saturated carbocycles. The number of aryl methyl sites for hydroxylation is 2. The summed E-state index contributed by atoms with van der Waals surface area (Å²) in [6.45, 7) is 3.73. The second-order valence-electron chi connectivity index (χ2n) is 4.59. The van der Waals surface area contributed by atoms with Gasteiger partial charge in [-0.1, -0.05) is 6.07 Å². The number of benzene rings is 1. The molecule has 0 fully saturated rings. The Bertz CT molecular complexity index is 783. The van der Waals surface area contributed by atoms with Gasteiger partial charge in [0, 0.05) is 0 Å². The number of carboxylic acids is 1. The van der Waals surface area contributed by atoms with E-state index in [0.29, 0.717) is 0 Å². The zero-order valence-electron chi connectivity index (χ0n) is 11.5. The molecular formula is C14H14N2O4S. The normalized spacial score (nSPS) is 11.1. The molecule has 0 aliphatic carbocycles. The fourth-order valence-corrected chi connectivity index (χ4v) is 2.80. The fourth-order valence-electron chi connectivity index (χ4n) is 1.68. The predicted octanol–water partition coefficient (Wildman–Crippen LogP) is 2.20. The summed E-state index contributed by atoms with van der Waals surface area (Å²) in [5.74, 6) is -1.17. The van der Waals surface area contributed by atoms with Crippen molar-refractivity contribution in [2.75, 3.05) is 4.72 Å². The van der Waals surface area contributed by atoms with Crippen LogP contribution in [-0.4, -0.2) is 24.5 Å². The minimum atomic E-state index is -3.72. The highest BCUT2D eigenvalue weighted by Crippen LogP contribution is 2.18. The lowest BCUT2D eigenvalue weighted by Crippen LogP contribution is -2.13. The Morgan fingerprint density at radius 1 is 1.14 bits per heavy atom. The minimum absolute atomic E-state index is 0.146. The van der Waals surface area contributed by atoms with Crippen molar-refractivity contribution >= 4 is 21.7 Å². The molecule has 0 unspecified atom stereocenters. The van der Waals surface area contributed by atoms with Crippen molar-refractivity contribution in [1.82, 2.24) is 4.98 Å². The van der Waals surface area contributed by atoms with E-state index in [1.54, 1.807) is 12.1 Å². The molecule has 0 bridgehead atoms. The number of rotatable bonds is 4. The van der Waals surface area contributed by atoms with Crippen LogP contribution in [0.25, 0.3) is 0 Å². The van der Waals surface area contributed by atoms with Crippen LogP contribution in [0.5, 0.6) is 0 Å². The van der Waals surface area contributed by atoms with Crippen LogP contribution in [-0.2, 0) is 10.0 Å². The number of pyridine rings is 1. The van der Waals surface area contributed by atoms with Gasteiger partial charge in [-0.2, -0.15) is 0 Å². The summed E-state index contributed by atoms with van der Waals surface area (Å²) < 4.78 is 26.8. The Morgan fingerprint density at radius 2 is 1.86 bits per heavy atom. The van der Waals surface area contributed by atoms with Gasteiger partial charge in [-0.05, 0) is 49.2 Å². The van der Waals surface area contributed by atoms with Gasteiger partial charge < -0.3 is 5.11 Å². The van der Waals surface area contributed by atoms with E-state index in [-0.39, 0.29) is 16.3 Å². The summed E-state index contributed by atoms with van der Waals surface area (Å²) >= 11 is 0. The largest absolute Gasteiger partial charge is 0.477 e. The van der Waals surface area contributed by atoms with Crippen molar-refractivity contribution in [3.05, 3.63) is 53.3 Å². The lowest BCUT2D eigenvalue weighted by Gasteiger charge is -2.09. The highest BCUT2D eigenvalue weighted by Gasteiger charge is 2.15. The molecule has 1 aromatic heterocycles. The molecule has 0 radical (unpaired) electrons. The van der Waals surface area contributed by atoms with Gasteiger partial charge in [0.25, 0.3) is 10.0 Å². The molecule has 0 spiro atoms. The molecule has 2 N–H and O–H groups in total. The molecule has 110 valence electrons. The summed E-state index contributed by atoms with van der Waals surface area (Å²) in [7, 11) is -3.72. The first-order chi connectivity index (χ1) is 9.79. The topological polar surface area (TPSA) is 96.4 Å². The first-order valence-electron chi connectivity index (χ1n) is 6.09. The van der Waals surface area contributed by atoms with E-state index in [1.807, 2.05) is 13.8 Å². The Kier molecular flexibility index (Phi) is 3.95. The summed E-state index contributed by atoms with van der Waals surface area (Å²) in [5, 5.41) is 8.74. The number of carboxylic acid groups (broad SMARTS) is 1. The lowest BCUT2D eigenvalue weighted by atomic mass is 10.1. The second kappa shape index (κ2) is 5.53. The number of aromatic nitrogens is 1. The molecule has 2 aromatic rings. The molecule has 2 rings (SSSR count). The molecule has 0 saturated heterocycles. The van der Waals surface area contributed by atoms with Crippen LogP contribution in [0.2, 0.25) is 0 Å². The third kappa shape index (κ3) is 3.38. The number of hydrogen-bond acceptors (Lipinski definition) is 4. The third-order valence-corrected chi connectivity index (χ3v) is 4.40. The number of sulfonamides is 1.